The molecule has 0 spiro atoms. The van der Waals surface area contributed by atoms with Crippen molar-refractivity contribution in [2.45, 2.75) is 92.5 Å². The molecule has 1 N–H and O–H groups in total. The van der Waals surface area contributed by atoms with E-state index < -0.39 is 17.7 Å². The van der Waals surface area contributed by atoms with Crippen molar-refractivity contribution in [1.82, 2.24) is 14.9 Å². The zero-order chi connectivity index (χ0) is 31.8. The van der Waals surface area contributed by atoms with Crippen molar-refractivity contribution in [2.75, 3.05) is 31.6 Å². The summed E-state index contributed by atoms with van der Waals surface area (Å²) >= 11 is 0. The number of nitrogens with zero attached hydrogens (tertiary/aromatic N) is 4. The average Bonchev–Trinajstić information content (AvgIpc) is 2.95. The van der Waals surface area contributed by atoms with Gasteiger partial charge in [0.2, 0.25) is 5.88 Å². The zero-order valence-corrected chi connectivity index (χ0v) is 27.7. The number of rotatable bonds is 8. The number of ether oxygens (including phenoxy) is 2. The van der Waals surface area contributed by atoms with Gasteiger partial charge in [-0.3, -0.25) is 9.88 Å². The van der Waals surface area contributed by atoms with Crippen molar-refractivity contribution in [3.63, 3.8) is 0 Å². The molecule has 2 aromatic heterocycles. The van der Waals surface area contributed by atoms with Crippen LogP contribution in [0, 0.1) is 19.3 Å². The van der Waals surface area contributed by atoms with Crippen LogP contribution in [-0.2, 0) is 29.0 Å². The molecule has 236 valence electrons. The van der Waals surface area contributed by atoms with Crippen LogP contribution < -0.4 is 9.64 Å². The summed E-state index contributed by atoms with van der Waals surface area (Å²) in [5, 5.41) is 10.5. The summed E-state index contributed by atoms with van der Waals surface area (Å²) in [5.41, 5.74) is 8.81. The van der Waals surface area contributed by atoms with Gasteiger partial charge >= 0.3 is 5.97 Å². The SMILES string of the molecule is COc1cc(CN2CCc3cc(-c4c(C)nc(C)c(C(OC(C)(C)C)C(=O)O)c4N4CCC(C)(C)CC4)ccc3C2)ccn1. The number of aryl methyl sites for hydroxylation is 2. The van der Waals surface area contributed by atoms with Crippen LogP contribution >= 0.6 is 0 Å². The van der Waals surface area contributed by atoms with Crippen molar-refractivity contribution in [2.24, 2.45) is 5.41 Å². The number of fused-ring (bicyclic) bond motifs is 1. The maximum absolute atomic E-state index is 12.8. The standard InChI is InChI=1S/C36H48N4O4/c1-23-30(27-9-10-28-22-39(16-12-26(28)20-27)21-25-11-15-37-29(19-25)43-8)32(40-17-13-36(6,7)14-18-40)31(24(2)38-23)33(34(41)42)44-35(3,4)5/h9-11,15,19-20,33H,12-14,16-18,21-22H2,1-8H3,(H,41,42). The summed E-state index contributed by atoms with van der Waals surface area (Å²) in [6.07, 6.45) is 3.69. The molecule has 0 saturated carbocycles. The van der Waals surface area contributed by atoms with Gasteiger partial charge in [-0.05, 0) is 87.6 Å². The Hall–Kier alpha value is -3.49. The smallest absolute Gasteiger partial charge is 0.337 e. The first-order valence-electron chi connectivity index (χ1n) is 15.7. The van der Waals surface area contributed by atoms with Crippen molar-refractivity contribution < 1.29 is 19.4 Å². The summed E-state index contributed by atoms with van der Waals surface area (Å²) in [6, 6.07) is 10.8. The highest BCUT2D eigenvalue weighted by atomic mass is 16.5. The Kier molecular flexibility index (Phi) is 9.06. The molecular weight excluding hydrogens is 552 g/mol. The number of benzene rings is 1. The third-order valence-corrected chi connectivity index (χ3v) is 8.97. The predicted octanol–water partition coefficient (Wildman–Crippen LogP) is 6.89. The van der Waals surface area contributed by atoms with E-state index in [9.17, 15) is 9.90 Å². The van der Waals surface area contributed by atoms with Gasteiger partial charge < -0.3 is 19.5 Å². The third kappa shape index (κ3) is 7.08. The second-order valence-electron chi connectivity index (χ2n) is 14.2. The molecule has 4 heterocycles. The van der Waals surface area contributed by atoms with Crippen LogP contribution in [-0.4, -0.2) is 58.3 Å². The number of anilines is 1. The fourth-order valence-corrected chi connectivity index (χ4v) is 6.58. The molecule has 2 aliphatic heterocycles. The molecule has 0 aliphatic carbocycles. The number of carboxylic acid groups (broad SMARTS) is 1. The Bertz CT molecular complexity index is 1520. The summed E-state index contributed by atoms with van der Waals surface area (Å²) in [6.45, 7) is 18.7. The lowest BCUT2D eigenvalue weighted by Crippen LogP contribution is -2.39. The largest absolute Gasteiger partial charge is 0.481 e. The van der Waals surface area contributed by atoms with Crippen LogP contribution in [0.3, 0.4) is 0 Å². The Labute approximate surface area is 262 Å². The Balaban J connectivity index is 1.55. The molecule has 8 nitrogen and oxygen atoms in total. The van der Waals surface area contributed by atoms with Crippen LogP contribution in [0.25, 0.3) is 11.1 Å². The van der Waals surface area contributed by atoms with E-state index in [0.29, 0.717) is 17.1 Å². The Morgan fingerprint density at radius 1 is 1.05 bits per heavy atom. The molecule has 2 aliphatic rings. The van der Waals surface area contributed by atoms with Gasteiger partial charge in [-0.25, -0.2) is 9.78 Å². The number of carboxylic acids is 1. The minimum Gasteiger partial charge on any atom is -0.481 e. The number of methoxy groups -OCH3 is 1. The van der Waals surface area contributed by atoms with E-state index in [2.05, 4.69) is 46.8 Å². The predicted molar refractivity (Wildman–Crippen MR) is 174 cm³/mol. The topological polar surface area (TPSA) is 88.0 Å². The highest BCUT2D eigenvalue weighted by Gasteiger charge is 2.36. The fourth-order valence-electron chi connectivity index (χ4n) is 6.58. The second-order valence-corrected chi connectivity index (χ2v) is 14.2. The van der Waals surface area contributed by atoms with Gasteiger partial charge in [0.15, 0.2) is 6.10 Å². The fraction of sp³-hybridized carbons (Fsp3) is 0.528. The van der Waals surface area contributed by atoms with Gasteiger partial charge in [0.05, 0.1) is 18.4 Å². The van der Waals surface area contributed by atoms with E-state index in [0.717, 1.165) is 74.5 Å². The van der Waals surface area contributed by atoms with E-state index in [4.69, 9.17) is 14.5 Å². The highest BCUT2D eigenvalue weighted by molar-refractivity contribution is 5.88. The molecule has 8 heteroatoms. The Morgan fingerprint density at radius 3 is 2.43 bits per heavy atom. The van der Waals surface area contributed by atoms with Crippen LogP contribution in [0.1, 0.15) is 87.2 Å². The number of piperidine rings is 1. The third-order valence-electron chi connectivity index (χ3n) is 8.97. The number of carbonyl (C=O) groups is 1. The lowest BCUT2D eigenvalue weighted by molar-refractivity contribution is -0.160. The average molecular weight is 601 g/mol. The molecule has 1 fully saturated rings. The summed E-state index contributed by atoms with van der Waals surface area (Å²) in [4.78, 5) is 26.8. The van der Waals surface area contributed by atoms with E-state index in [1.165, 1.54) is 16.7 Å². The lowest BCUT2D eigenvalue weighted by atomic mass is 9.81. The molecule has 3 aromatic rings. The Morgan fingerprint density at radius 2 is 1.77 bits per heavy atom. The van der Waals surface area contributed by atoms with Gasteiger partial charge in [0.1, 0.15) is 0 Å². The van der Waals surface area contributed by atoms with Gasteiger partial charge in [0.25, 0.3) is 0 Å². The molecule has 5 rings (SSSR count). The van der Waals surface area contributed by atoms with Crippen molar-refractivity contribution in [1.29, 1.82) is 0 Å². The second kappa shape index (κ2) is 12.5. The van der Waals surface area contributed by atoms with Gasteiger partial charge in [-0.1, -0.05) is 32.0 Å². The highest BCUT2D eigenvalue weighted by Crippen LogP contribution is 2.45. The number of aliphatic carboxylic acids is 1. The molecule has 1 atom stereocenters. The normalized spacial score (nSPS) is 17.7. The van der Waals surface area contributed by atoms with Crippen LogP contribution in [0.5, 0.6) is 5.88 Å². The summed E-state index contributed by atoms with van der Waals surface area (Å²) in [7, 11) is 1.64. The summed E-state index contributed by atoms with van der Waals surface area (Å²) < 4.78 is 11.6. The number of aromatic nitrogens is 2. The molecule has 1 aromatic carbocycles. The minimum atomic E-state index is -1.12. The van der Waals surface area contributed by atoms with Crippen molar-refractivity contribution in [3.05, 3.63) is 70.2 Å². The van der Waals surface area contributed by atoms with E-state index in [1.807, 2.05) is 46.8 Å². The van der Waals surface area contributed by atoms with E-state index >= 15 is 0 Å². The molecule has 0 bridgehead atoms. The quantitative estimate of drug-likeness (QED) is 0.299. The van der Waals surface area contributed by atoms with Gasteiger partial charge in [-0.2, -0.15) is 0 Å². The number of pyridine rings is 2. The van der Waals surface area contributed by atoms with E-state index in [1.54, 1.807) is 13.3 Å². The van der Waals surface area contributed by atoms with Gasteiger partial charge in [0, 0.05) is 67.5 Å². The first-order chi connectivity index (χ1) is 20.7. The number of hydrogen-bond acceptors (Lipinski definition) is 7. The maximum atomic E-state index is 12.8. The molecule has 0 radical (unpaired) electrons. The van der Waals surface area contributed by atoms with E-state index in [-0.39, 0.29) is 5.41 Å². The molecular formula is C36H48N4O4. The first kappa shape index (κ1) is 31.9. The molecule has 44 heavy (non-hydrogen) atoms. The first-order valence-corrected chi connectivity index (χ1v) is 15.7. The van der Waals surface area contributed by atoms with Crippen LogP contribution in [0.15, 0.2) is 36.5 Å². The molecule has 0 amide bonds. The van der Waals surface area contributed by atoms with Crippen molar-refractivity contribution in [3.8, 4) is 17.0 Å². The minimum absolute atomic E-state index is 0.251. The lowest BCUT2D eigenvalue weighted by Gasteiger charge is -2.41. The molecule has 1 unspecified atom stereocenters. The summed E-state index contributed by atoms with van der Waals surface area (Å²) in [5.74, 6) is -0.354. The zero-order valence-electron chi connectivity index (χ0n) is 27.7. The van der Waals surface area contributed by atoms with Crippen molar-refractivity contribution >= 4 is 11.7 Å². The maximum Gasteiger partial charge on any atom is 0.337 e. The number of hydrogen-bond donors (Lipinski definition) is 1. The monoisotopic (exact) mass is 600 g/mol. The van der Waals surface area contributed by atoms with Crippen LogP contribution in [0.4, 0.5) is 5.69 Å². The van der Waals surface area contributed by atoms with Crippen LogP contribution in [0.2, 0.25) is 0 Å². The van der Waals surface area contributed by atoms with Gasteiger partial charge in [-0.15, -0.1) is 0 Å². The molecule has 1 saturated heterocycles.